The number of nitrogens with zero attached hydrogens (tertiary/aromatic N) is 2. The minimum absolute atomic E-state index is 0.221. The molecule has 2 aliphatic rings. The van der Waals surface area contributed by atoms with Crippen LogP contribution in [-0.2, 0) is 4.74 Å². The fourth-order valence-corrected chi connectivity index (χ4v) is 4.00. The minimum Gasteiger partial charge on any atom is -0.481 e. The number of amides is 1. The predicted octanol–water partition coefficient (Wildman–Crippen LogP) is 4.32. The summed E-state index contributed by atoms with van der Waals surface area (Å²) in [5.41, 5.74) is 1.86. The number of hydrogen-bond donors (Lipinski definition) is 0. The van der Waals surface area contributed by atoms with Gasteiger partial charge in [0.1, 0.15) is 10.6 Å². The van der Waals surface area contributed by atoms with Gasteiger partial charge in [0.05, 0.1) is 7.11 Å². The van der Waals surface area contributed by atoms with Crippen molar-refractivity contribution in [2.45, 2.75) is 50.2 Å². The molecular formula is C19H26N2O3S. The Morgan fingerprint density at radius 1 is 1.32 bits per heavy atom. The van der Waals surface area contributed by atoms with Crippen molar-refractivity contribution < 1.29 is 14.3 Å². The van der Waals surface area contributed by atoms with Crippen LogP contribution in [0.3, 0.4) is 0 Å². The second-order valence-electron chi connectivity index (χ2n) is 7.44. The molecule has 0 unspecified atom stereocenters. The van der Waals surface area contributed by atoms with E-state index in [1.807, 2.05) is 20.8 Å². The van der Waals surface area contributed by atoms with Crippen LogP contribution in [0.4, 0.5) is 4.79 Å². The van der Waals surface area contributed by atoms with Gasteiger partial charge in [-0.1, -0.05) is 12.2 Å². The van der Waals surface area contributed by atoms with Crippen LogP contribution in [0, 0.1) is 0 Å². The highest BCUT2D eigenvalue weighted by Gasteiger charge is 2.29. The van der Waals surface area contributed by atoms with Crippen LogP contribution in [0.2, 0.25) is 0 Å². The first kappa shape index (κ1) is 18.1. The number of piperidine rings is 1. The zero-order valence-electron chi connectivity index (χ0n) is 15.4. The molecule has 5 nitrogen and oxygen atoms in total. The molecule has 136 valence electrons. The number of aromatic nitrogens is 1. The molecule has 1 fully saturated rings. The van der Waals surface area contributed by atoms with Crippen LogP contribution in [0.5, 0.6) is 5.88 Å². The summed E-state index contributed by atoms with van der Waals surface area (Å²) in [6.45, 7) is 7.08. The van der Waals surface area contributed by atoms with Gasteiger partial charge in [-0.2, -0.15) is 0 Å². The van der Waals surface area contributed by atoms with Crippen molar-refractivity contribution in [3.63, 3.8) is 0 Å². The molecule has 0 aliphatic carbocycles. The van der Waals surface area contributed by atoms with Gasteiger partial charge in [0.25, 0.3) is 0 Å². The van der Waals surface area contributed by atoms with E-state index in [0.29, 0.717) is 19.0 Å². The van der Waals surface area contributed by atoms with E-state index in [1.165, 1.54) is 5.56 Å². The Hall–Kier alpha value is -1.69. The summed E-state index contributed by atoms with van der Waals surface area (Å²) in [4.78, 5) is 18.7. The Morgan fingerprint density at radius 3 is 2.68 bits per heavy atom. The third kappa shape index (κ3) is 4.29. The second kappa shape index (κ2) is 7.28. The van der Waals surface area contributed by atoms with Gasteiger partial charge in [-0.05, 0) is 45.6 Å². The molecule has 0 atom stereocenters. The first-order chi connectivity index (χ1) is 11.9. The fraction of sp³-hybridized carbons (Fsp3) is 0.579. The maximum atomic E-state index is 12.2. The lowest BCUT2D eigenvalue weighted by Crippen LogP contribution is -2.41. The number of rotatable bonds is 2. The van der Waals surface area contributed by atoms with Gasteiger partial charge in [0.2, 0.25) is 5.88 Å². The number of pyridine rings is 1. The summed E-state index contributed by atoms with van der Waals surface area (Å²) in [6.07, 6.45) is 5.87. The lowest BCUT2D eigenvalue weighted by atomic mass is 9.89. The topological polar surface area (TPSA) is 51.7 Å². The summed E-state index contributed by atoms with van der Waals surface area (Å²) in [5.74, 6) is 2.03. The Bertz CT molecular complexity index is 674. The van der Waals surface area contributed by atoms with Crippen molar-refractivity contribution in [1.82, 2.24) is 9.88 Å². The smallest absolute Gasteiger partial charge is 0.410 e. The van der Waals surface area contributed by atoms with Crippen LogP contribution >= 0.6 is 11.8 Å². The highest BCUT2D eigenvalue weighted by atomic mass is 32.2. The SMILES string of the molecule is COc1nc2c(cc1C1CCN(C(=O)OC(C)(C)C)CC1)C=CCS2. The van der Waals surface area contributed by atoms with Crippen molar-refractivity contribution in [1.29, 1.82) is 0 Å². The molecule has 2 aliphatic heterocycles. The summed E-state index contributed by atoms with van der Waals surface area (Å²) >= 11 is 1.74. The highest BCUT2D eigenvalue weighted by Crippen LogP contribution is 2.38. The molecule has 0 saturated carbocycles. The van der Waals surface area contributed by atoms with E-state index in [0.717, 1.165) is 35.1 Å². The normalized spacial score (nSPS) is 18.0. The molecule has 1 aromatic rings. The minimum atomic E-state index is -0.455. The van der Waals surface area contributed by atoms with Gasteiger partial charge in [-0.25, -0.2) is 9.78 Å². The first-order valence-corrected chi connectivity index (χ1v) is 9.72. The number of ether oxygens (including phenoxy) is 2. The third-order valence-corrected chi connectivity index (χ3v) is 5.36. The van der Waals surface area contributed by atoms with Crippen molar-refractivity contribution in [3.8, 4) is 5.88 Å². The lowest BCUT2D eigenvalue weighted by Gasteiger charge is -2.34. The van der Waals surface area contributed by atoms with Crippen molar-refractivity contribution >= 4 is 23.9 Å². The predicted molar refractivity (Wildman–Crippen MR) is 100 cm³/mol. The Labute approximate surface area is 153 Å². The van der Waals surface area contributed by atoms with E-state index in [4.69, 9.17) is 14.5 Å². The third-order valence-electron chi connectivity index (χ3n) is 4.40. The van der Waals surface area contributed by atoms with E-state index < -0.39 is 5.60 Å². The Balaban J connectivity index is 1.71. The average molecular weight is 362 g/mol. The number of carbonyl (C=O) groups is 1. The number of carbonyl (C=O) groups excluding carboxylic acids is 1. The maximum Gasteiger partial charge on any atom is 0.410 e. The fourth-order valence-electron chi connectivity index (χ4n) is 3.20. The number of fused-ring (bicyclic) bond motifs is 1. The molecule has 0 spiro atoms. The zero-order chi connectivity index (χ0) is 18.0. The van der Waals surface area contributed by atoms with Crippen LogP contribution in [0.1, 0.15) is 50.7 Å². The van der Waals surface area contributed by atoms with Crippen LogP contribution in [-0.4, -0.2) is 47.5 Å². The molecule has 0 aromatic carbocycles. The summed E-state index contributed by atoms with van der Waals surface area (Å²) < 4.78 is 11.0. The molecule has 25 heavy (non-hydrogen) atoms. The highest BCUT2D eigenvalue weighted by molar-refractivity contribution is 7.99. The quantitative estimate of drug-likeness (QED) is 0.784. The number of likely N-dealkylation sites (tertiary alicyclic amines) is 1. The van der Waals surface area contributed by atoms with Crippen LogP contribution in [0.25, 0.3) is 6.08 Å². The van der Waals surface area contributed by atoms with E-state index in [9.17, 15) is 4.79 Å². The van der Waals surface area contributed by atoms with E-state index in [-0.39, 0.29) is 6.09 Å². The number of hydrogen-bond acceptors (Lipinski definition) is 5. The summed E-state index contributed by atoms with van der Waals surface area (Å²) in [7, 11) is 1.68. The molecule has 0 radical (unpaired) electrons. The second-order valence-corrected chi connectivity index (χ2v) is 8.44. The molecule has 1 saturated heterocycles. The van der Waals surface area contributed by atoms with Crippen LogP contribution in [0.15, 0.2) is 17.2 Å². The molecule has 0 N–H and O–H groups in total. The van der Waals surface area contributed by atoms with Gasteiger partial charge < -0.3 is 14.4 Å². The number of methoxy groups -OCH3 is 1. The van der Waals surface area contributed by atoms with Gasteiger partial charge in [0, 0.05) is 30.0 Å². The zero-order valence-corrected chi connectivity index (χ0v) is 16.2. The summed E-state index contributed by atoms with van der Waals surface area (Å²) in [5, 5.41) is 1.04. The van der Waals surface area contributed by atoms with Gasteiger partial charge in [-0.3, -0.25) is 0 Å². The van der Waals surface area contributed by atoms with Crippen molar-refractivity contribution in [3.05, 3.63) is 23.3 Å². The van der Waals surface area contributed by atoms with E-state index in [2.05, 4.69) is 18.2 Å². The molecule has 0 bridgehead atoms. The molecule has 1 aromatic heterocycles. The molecular weight excluding hydrogens is 336 g/mol. The van der Waals surface area contributed by atoms with Crippen molar-refractivity contribution in [2.24, 2.45) is 0 Å². The van der Waals surface area contributed by atoms with Gasteiger partial charge >= 0.3 is 6.09 Å². The molecule has 3 heterocycles. The molecule has 3 rings (SSSR count). The van der Waals surface area contributed by atoms with E-state index >= 15 is 0 Å². The Morgan fingerprint density at radius 2 is 2.04 bits per heavy atom. The lowest BCUT2D eigenvalue weighted by molar-refractivity contribution is 0.0204. The van der Waals surface area contributed by atoms with Crippen molar-refractivity contribution in [2.75, 3.05) is 26.0 Å². The number of thioether (sulfide) groups is 1. The summed E-state index contributed by atoms with van der Waals surface area (Å²) in [6, 6.07) is 2.21. The maximum absolute atomic E-state index is 12.2. The molecule has 1 amide bonds. The molecule has 6 heteroatoms. The average Bonchev–Trinajstić information content (AvgIpc) is 2.59. The Kier molecular flexibility index (Phi) is 5.27. The van der Waals surface area contributed by atoms with Gasteiger partial charge in [-0.15, -0.1) is 11.8 Å². The standard InChI is InChI=1S/C19H26N2O3S/c1-19(2,3)24-18(22)21-9-7-13(8-10-21)15-12-14-6-5-11-25-17(14)20-16(15)23-4/h5-6,12-13H,7-11H2,1-4H3. The first-order valence-electron chi connectivity index (χ1n) is 8.73. The monoisotopic (exact) mass is 362 g/mol. The van der Waals surface area contributed by atoms with Crippen LogP contribution < -0.4 is 4.74 Å². The van der Waals surface area contributed by atoms with Gasteiger partial charge in [0.15, 0.2) is 0 Å². The largest absolute Gasteiger partial charge is 0.481 e. The van der Waals surface area contributed by atoms with E-state index in [1.54, 1.807) is 23.8 Å².